The van der Waals surface area contributed by atoms with Crippen molar-refractivity contribution >= 4 is 45.5 Å². The molecule has 0 spiro atoms. The number of hydrogen-bond donors (Lipinski definition) is 1. The highest BCUT2D eigenvalue weighted by atomic mass is 79.9. The van der Waals surface area contributed by atoms with Gasteiger partial charge in [0.2, 0.25) is 0 Å². The number of halogens is 1. The highest BCUT2D eigenvalue weighted by Crippen LogP contribution is 2.30. The molecular weight excluding hydrogens is 564 g/mol. The van der Waals surface area contributed by atoms with E-state index in [0.717, 1.165) is 15.1 Å². The Balaban J connectivity index is 1.43. The molecule has 9 heteroatoms. The first-order valence-corrected chi connectivity index (χ1v) is 13.1. The Morgan fingerprint density at radius 1 is 0.872 bits per heavy atom. The zero-order valence-electron chi connectivity index (χ0n) is 22.1. The van der Waals surface area contributed by atoms with Crippen molar-refractivity contribution in [1.29, 1.82) is 0 Å². The van der Waals surface area contributed by atoms with Gasteiger partial charge in [-0.3, -0.25) is 14.9 Å². The second-order valence-electron chi connectivity index (χ2n) is 9.82. The van der Waals surface area contributed by atoms with Crippen molar-refractivity contribution in [1.82, 2.24) is 5.32 Å². The van der Waals surface area contributed by atoms with Crippen LogP contribution in [-0.4, -0.2) is 38.2 Å². The zero-order valence-corrected chi connectivity index (χ0v) is 23.7. The summed E-state index contributed by atoms with van der Waals surface area (Å²) in [6.45, 7) is 7.09. The highest BCUT2D eigenvalue weighted by molar-refractivity contribution is 9.10. The van der Waals surface area contributed by atoms with Gasteiger partial charge in [-0.15, -0.1) is 0 Å². The first-order valence-electron chi connectivity index (χ1n) is 12.3. The van der Waals surface area contributed by atoms with Crippen molar-refractivity contribution in [2.75, 3.05) is 25.2 Å². The van der Waals surface area contributed by atoms with E-state index >= 15 is 0 Å². The number of ether oxygens (including phenoxy) is 3. The van der Waals surface area contributed by atoms with Crippen LogP contribution >= 0.6 is 15.9 Å². The fourth-order valence-electron chi connectivity index (χ4n) is 3.90. The Kier molecular flexibility index (Phi) is 8.40. The molecule has 0 radical (unpaired) electrons. The van der Waals surface area contributed by atoms with Crippen LogP contribution in [0.4, 0.5) is 10.5 Å². The molecule has 1 heterocycles. The number of imide groups is 2. The predicted molar refractivity (Wildman–Crippen MR) is 152 cm³/mol. The number of hydrogen-bond acceptors (Lipinski definition) is 6. The van der Waals surface area contributed by atoms with Gasteiger partial charge in [0.25, 0.3) is 11.8 Å². The van der Waals surface area contributed by atoms with Gasteiger partial charge >= 0.3 is 6.03 Å². The standard InChI is InChI=1S/C30H29BrN2O6/c1-30(2,3)20-6-12-23(13-7-20)38-15-16-39-25-14-5-19(18-26(25)37-4)17-24-27(34)32-29(36)33(28(24)35)22-10-8-21(31)9-11-22/h5-14,17-18H,15-16H2,1-4H3,(H,32,34,36)/b24-17-. The minimum atomic E-state index is -0.807. The maximum atomic E-state index is 13.1. The number of anilines is 1. The monoisotopic (exact) mass is 592 g/mol. The van der Waals surface area contributed by atoms with Crippen LogP contribution in [-0.2, 0) is 15.0 Å². The number of carbonyl (C=O) groups excluding carboxylic acids is 3. The van der Waals surface area contributed by atoms with E-state index in [0.29, 0.717) is 29.4 Å². The van der Waals surface area contributed by atoms with Gasteiger partial charge in [-0.25, -0.2) is 9.69 Å². The Labute approximate surface area is 235 Å². The predicted octanol–water partition coefficient (Wildman–Crippen LogP) is 5.88. The molecule has 1 aliphatic heterocycles. The van der Waals surface area contributed by atoms with Crippen LogP contribution in [0.25, 0.3) is 6.08 Å². The smallest absolute Gasteiger partial charge is 0.335 e. The molecule has 1 aliphatic rings. The Hall–Kier alpha value is -4.11. The van der Waals surface area contributed by atoms with E-state index < -0.39 is 17.8 Å². The van der Waals surface area contributed by atoms with Gasteiger partial charge in [0.15, 0.2) is 11.5 Å². The van der Waals surface area contributed by atoms with Crippen molar-refractivity contribution in [2.45, 2.75) is 26.2 Å². The molecule has 0 aliphatic carbocycles. The second-order valence-corrected chi connectivity index (χ2v) is 10.7. The first kappa shape index (κ1) is 27.9. The fraction of sp³-hybridized carbons (Fsp3) is 0.233. The molecule has 39 heavy (non-hydrogen) atoms. The number of barbiturate groups is 1. The number of nitrogens with zero attached hydrogens (tertiary/aromatic N) is 1. The fourth-order valence-corrected chi connectivity index (χ4v) is 4.17. The van der Waals surface area contributed by atoms with Crippen molar-refractivity contribution in [3.8, 4) is 17.2 Å². The Bertz CT molecular complexity index is 1410. The van der Waals surface area contributed by atoms with Gasteiger partial charge in [-0.05, 0) is 71.1 Å². The van der Waals surface area contributed by atoms with Gasteiger partial charge in [-0.2, -0.15) is 0 Å². The lowest BCUT2D eigenvalue weighted by molar-refractivity contribution is -0.122. The Morgan fingerprint density at radius 2 is 1.54 bits per heavy atom. The average molecular weight is 593 g/mol. The summed E-state index contributed by atoms with van der Waals surface area (Å²) in [5, 5.41) is 2.22. The molecule has 0 saturated carbocycles. The van der Waals surface area contributed by atoms with Crippen LogP contribution in [0.2, 0.25) is 0 Å². The average Bonchev–Trinajstić information content (AvgIpc) is 2.90. The van der Waals surface area contributed by atoms with Crippen molar-refractivity contribution < 1.29 is 28.6 Å². The van der Waals surface area contributed by atoms with E-state index in [1.54, 1.807) is 42.5 Å². The van der Waals surface area contributed by atoms with Crippen LogP contribution in [0.5, 0.6) is 17.2 Å². The van der Waals surface area contributed by atoms with Crippen molar-refractivity contribution in [2.24, 2.45) is 0 Å². The second kappa shape index (κ2) is 11.7. The molecule has 0 bridgehead atoms. The molecule has 1 N–H and O–H groups in total. The van der Waals surface area contributed by atoms with E-state index in [2.05, 4.69) is 54.2 Å². The summed E-state index contributed by atoms with van der Waals surface area (Å²) in [4.78, 5) is 38.9. The minimum Gasteiger partial charge on any atom is -0.493 e. The largest absolute Gasteiger partial charge is 0.493 e. The number of amides is 4. The molecule has 3 aromatic rings. The third-order valence-corrected chi connectivity index (χ3v) is 6.54. The summed E-state index contributed by atoms with van der Waals surface area (Å²) in [6, 6.07) is 18.8. The summed E-state index contributed by atoms with van der Waals surface area (Å²) in [5.74, 6) is 0.163. The van der Waals surface area contributed by atoms with Gasteiger partial charge in [0.05, 0.1) is 12.8 Å². The topological polar surface area (TPSA) is 94.2 Å². The number of carbonyl (C=O) groups is 3. The normalized spacial score (nSPS) is 14.8. The van der Waals surface area contributed by atoms with Crippen LogP contribution in [0, 0.1) is 0 Å². The molecule has 0 unspecified atom stereocenters. The number of rotatable bonds is 8. The van der Waals surface area contributed by atoms with Crippen LogP contribution in [0.3, 0.4) is 0 Å². The number of methoxy groups -OCH3 is 1. The lowest BCUT2D eigenvalue weighted by Crippen LogP contribution is -2.54. The minimum absolute atomic E-state index is 0.0741. The highest BCUT2D eigenvalue weighted by Gasteiger charge is 2.36. The summed E-state index contributed by atoms with van der Waals surface area (Å²) in [5.41, 5.74) is 1.99. The SMILES string of the molecule is COc1cc(/C=C2/C(=O)NC(=O)N(c3ccc(Br)cc3)C2=O)ccc1OCCOc1ccc(C(C)(C)C)cc1. The van der Waals surface area contributed by atoms with Gasteiger partial charge in [-0.1, -0.05) is 54.9 Å². The molecule has 0 atom stereocenters. The van der Waals surface area contributed by atoms with Gasteiger partial charge in [0, 0.05) is 4.47 Å². The lowest BCUT2D eigenvalue weighted by atomic mass is 9.87. The molecular formula is C30H29BrN2O6. The van der Waals surface area contributed by atoms with Crippen LogP contribution in [0.15, 0.2) is 76.8 Å². The zero-order chi connectivity index (χ0) is 28.2. The lowest BCUT2D eigenvalue weighted by Gasteiger charge is -2.26. The van der Waals surface area contributed by atoms with E-state index in [4.69, 9.17) is 14.2 Å². The van der Waals surface area contributed by atoms with Crippen LogP contribution < -0.4 is 24.4 Å². The van der Waals surface area contributed by atoms with Crippen molar-refractivity contribution in [3.63, 3.8) is 0 Å². The third kappa shape index (κ3) is 6.67. The quantitative estimate of drug-likeness (QED) is 0.199. The molecule has 8 nitrogen and oxygen atoms in total. The molecule has 1 fully saturated rings. The van der Waals surface area contributed by atoms with Gasteiger partial charge < -0.3 is 14.2 Å². The third-order valence-electron chi connectivity index (χ3n) is 6.02. The summed E-state index contributed by atoms with van der Waals surface area (Å²) in [7, 11) is 1.50. The summed E-state index contributed by atoms with van der Waals surface area (Å²) >= 11 is 3.32. The number of urea groups is 1. The Morgan fingerprint density at radius 3 is 2.18 bits per heavy atom. The van der Waals surface area contributed by atoms with E-state index in [-0.39, 0.29) is 17.6 Å². The van der Waals surface area contributed by atoms with Gasteiger partial charge in [0.1, 0.15) is 24.5 Å². The maximum Gasteiger partial charge on any atom is 0.335 e. The molecule has 202 valence electrons. The van der Waals surface area contributed by atoms with Crippen molar-refractivity contribution in [3.05, 3.63) is 87.9 Å². The van der Waals surface area contributed by atoms with Crippen LogP contribution in [0.1, 0.15) is 31.9 Å². The molecule has 1 saturated heterocycles. The van der Waals surface area contributed by atoms with E-state index in [9.17, 15) is 14.4 Å². The van der Waals surface area contributed by atoms with E-state index in [1.165, 1.54) is 18.7 Å². The molecule has 4 rings (SSSR count). The molecule has 3 aromatic carbocycles. The molecule has 0 aromatic heterocycles. The maximum absolute atomic E-state index is 13.1. The summed E-state index contributed by atoms with van der Waals surface area (Å²) < 4.78 is 17.9. The first-order chi connectivity index (χ1) is 18.6. The molecule has 4 amide bonds. The van der Waals surface area contributed by atoms with E-state index in [1.807, 2.05) is 12.1 Å². The number of nitrogens with one attached hydrogen (secondary N) is 1. The summed E-state index contributed by atoms with van der Waals surface area (Å²) in [6.07, 6.45) is 1.41. The number of benzene rings is 3.